The summed E-state index contributed by atoms with van der Waals surface area (Å²) in [5, 5.41) is 12.1. The van der Waals surface area contributed by atoms with Crippen molar-refractivity contribution in [3.63, 3.8) is 0 Å². The van der Waals surface area contributed by atoms with Gasteiger partial charge in [0.25, 0.3) is 5.91 Å². The highest BCUT2D eigenvalue weighted by atomic mass is 16.4. The summed E-state index contributed by atoms with van der Waals surface area (Å²) in [6.45, 7) is 0. The van der Waals surface area contributed by atoms with Gasteiger partial charge in [0, 0.05) is 18.0 Å². The van der Waals surface area contributed by atoms with Crippen LogP contribution >= 0.6 is 0 Å². The Bertz CT molecular complexity index is 919. The van der Waals surface area contributed by atoms with E-state index in [1.54, 1.807) is 0 Å². The largest absolute Gasteiger partial charge is 0.481 e. The molecule has 0 spiro atoms. The molecule has 1 unspecified atom stereocenters. The lowest BCUT2D eigenvalue weighted by atomic mass is 9.82. The van der Waals surface area contributed by atoms with Crippen LogP contribution in [0, 0.1) is 17.8 Å². The fourth-order valence-corrected chi connectivity index (χ4v) is 5.40. The number of hydrogen-bond acceptors (Lipinski definition) is 2. The first-order valence-corrected chi connectivity index (χ1v) is 11.4. The van der Waals surface area contributed by atoms with Crippen LogP contribution in [0.3, 0.4) is 0 Å². The molecule has 1 amide bonds. The fourth-order valence-electron chi connectivity index (χ4n) is 5.40. The standard InChI is InChI=1S/C27H31NO3/c29-25(30)11-7-2-1-6-10-24-22-16-17-23(18-22)26(24)28-27(31)21-14-12-20(13-15-21)19-8-4-3-5-9-19/h1,3-6,8-9,12-15,22-24,26H,2,7,10-11,16-18H2,(H,28,31)(H,29,30)/b6-1-/t22-,23+,24+,26?/m0/s1. The van der Waals surface area contributed by atoms with Crippen molar-refractivity contribution in [1.82, 2.24) is 5.32 Å². The molecule has 2 fully saturated rings. The number of nitrogens with one attached hydrogen (secondary N) is 1. The number of aliphatic carboxylic acids is 1. The van der Waals surface area contributed by atoms with E-state index >= 15 is 0 Å². The lowest BCUT2D eigenvalue weighted by molar-refractivity contribution is -0.137. The van der Waals surface area contributed by atoms with Gasteiger partial charge < -0.3 is 10.4 Å². The number of unbranched alkanes of at least 4 members (excludes halogenated alkanes) is 1. The van der Waals surface area contributed by atoms with E-state index in [-0.39, 0.29) is 18.4 Å². The predicted molar refractivity (Wildman–Crippen MR) is 123 cm³/mol. The first kappa shape index (κ1) is 21.4. The maximum atomic E-state index is 13.0. The van der Waals surface area contributed by atoms with Gasteiger partial charge in [-0.2, -0.15) is 0 Å². The summed E-state index contributed by atoms with van der Waals surface area (Å²) in [5.74, 6) is 1.05. The van der Waals surface area contributed by atoms with Gasteiger partial charge in [-0.05, 0) is 79.5 Å². The summed E-state index contributed by atoms with van der Waals surface area (Å²) in [4.78, 5) is 23.6. The van der Waals surface area contributed by atoms with Crippen LogP contribution in [-0.4, -0.2) is 23.0 Å². The zero-order chi connectivity index (χ0) is 21.6. The maximum absolute atomic E-state index is 13.0. The lowest BCUT2D eigenvalue weighted by Gasteiger charge is -2.31. The van der Waals surface area contributed by atoms with Gasteiger partial charge in [0.15, 0.2) is 0 Å². The molecule has 2 aliphatic carbocycles. The van der Waals surface area contributed by atoms with Gasteiger partial charge >= 0.3 is 5.97 Å². The van der Waals surface area contributed by atoms with Crippen LogP contribution in [0.4, 0.5) is 0 Å². The molecule has 4 nitrogen and oxygen atoms in total. The minimum absolute atomic E-state index is 0.0209. The Morgan fingerprint density at radius 1 is 0.935 bits per heavy atom. The first-order valence-electron chi connectivity index (χ1n) is 11.4. The second kappa shape index (κ2) is 9.95. The molecule has 2 N–H and O–H groups in total. The van der Waals surface area contributed by atoms with Crippen LogP contribution in [0.2, 0.25) is 0 Å². The number of carboxylic acid groups (broad SMARTS) is 1. The van der Waals surface area contributed by atoms with Crippen molar-refractivity contribution < 1.29 is 14.7 Å². The van der Waals surface area contributed by atoms with Gasteiger partial charge in [0.2, 0.25) is 0 Å². The van der Waals surface area contributed by atoms with E-state index in [0.29, 0.717) is 29.7 Å². The van der Waals surface area contributed by atoms with Crippen LogP contribution in [0.1, 0.15) is 55.3 Å². The zero-order valence-electron chi connectivity index (χ0n) is 17.9. The molecule has 2 aromatic rings. The Hall–Kier alpha value is -2.88. The molecule has 4 atom stereocenters. The molecule has 2 aliphatic rings. The van der Waals surface area contributed by atoms with Crippen molar-refractivity contribution in [3.05, 3.63) is 72.3 Å². The highest BCUT2D eigenvalue weighted by molar-refractivity contribution is 5.95. The smallest absolute Gasteiger partial charge is 0.303 e. The minimum atomic E-state index is -0.735. The van der Waals surface area contributed by atoms with Gasteiger partial charge in [-0.3, -0.25) is 9.59 Å². The van der Waals surface area contributed by atoms with Crippen LogP contribution < -0.4 is 5.32 Å². The molecule has 2 saturated carbocycles. The number of benzene rings is 2. The summed E-state index contributed by atoms with van der Waals surface area (Å²) in [6.07, 6.45) is 10.7. The van der Waals surface area contributed by atoms with Gasteiger partial charge in [-0.25, -0.2) is 0 Å². The van der Waals surface area contributed by atoms with Crippen LogP contribution in [0.25, 0.3) is 11.1 Å². The topological polar surface area (TPSA) is 66.4 Å². The molecule has 0 heterocycles. The van der Waals surface area contributed by atoms with Crippen LogP contribution in [0.5, 0.6) is 0 Å². The number of rotatable bonds is 9. The molecular weight excluding hydrogens is 386 g/mol. The Balaban J connectivity index is 1.35. The summed E-state index contributed by atoms with van der Waals surface area (Å²) < 4.78 is 0. The molecule has 2 aromatic carbocycles. The highest BCUT2D eigenvalue weighted by Crippen LogP contribution is 2.50. The second-order valence-electron chi connectivity index (χ2n) is 8.93. The third-order valence-electron chi connectivity index (χ3n) is 6.98. The van der Waals surface area contributed by atoms with Gasteiger partial charge in [-0.1, -0.05) is 54.6 Å². The molecule has 31 heavy (non-hydrogen) atoms. The van der Waals surface area contributed by atoms with Crippen molar-refractivity contribution in [2.24, 2.45) is 17.8 Å². The monoisotopic (exact) mass is 417 g/mol. The molecule has 4 rings (SSSR count). The number of allylic oxidation sites excluding steroid dienone is 2. The van der Waals surface area contributed by atoms with Crippen LogP contribution in [-0.2, 0) is 4.79 Å². The highest BCUT2D eigenvalue weighted by Gasteiger charge is 2.47. The van der Waals surface area contributed by atoms with Gasteiger partial charge in [0.05, 0.1) is 0 Å². The Kier molecular flexibility index (Phi) is 6.86. The fraction of sp³-hybridized carbons (Fsp3) is 0.407. The van der Waals surface area contributed by atoms with Crippen molar-refractivity contribution >= 4 is 11.9 Å². The summed E-state index contributed by atoms with van der Waals surface area (Å²) >= 11 is 0. The predicted octanol–water partition coefficient (Wildman–Crippen LogP) is 5.70. The number of carboxylic acids is 1. The first-order chi connectivity index (χ1) is 15.1. The third-order valence-corrected chi connectivity index (χ3v) is 6.98. The Morgan fingerprint density at radius 3 is 2.39 bits per heavy atom. The van der Waals surface area contributed by atoms with E-state index in [0.717, 1.165) is 24.0 Å². The molecule has 0 saturated heterocycles. The SMILES string of the molecule is O=C(O)CCC/C=C\C[C@H]1C(NC(=O)c2ccc(-c3ccccc3)cc2)[C@@H]2CC[C@H]1C2. The molecular formula is C27H31NO3. The molecule has 0 aromatic heterocycles. The minimum Gasteiger partial charge on any atom is -0.481 e. The molecule has 162 valence electrons. The third kappa shape index (κ3) is 5.25. The number of carbonyl (C=O) groups is 2. The Morgan fingerprint density at radius 2 is 1.65 bits per heavy atom. The quantitative estimate of drug-likeness (QED) is 0.406. The van der Waals surface area contributed by atoms with E-state index in [2.05, 4.69) is 29.6 Å². The number of amides is 1. The molecule has 2 bridgehead atoms. The number of hydrogen-bond donors (Lipinski definition) is 2. The van der Waals surface area contributed by atoms with Crippen molar-refractivity contribution in [2.45, 2.75) is 51.0 Å². The molecule has 0 radical (unpaired) electrons. The maximum Gasteiger partial charge on any atom is 0.303 e. The van der Waals surface area contributed by atoms with Gasteiger partial charge in [0.1, 0.15) is 0 Å². The van der Waals surface area contributed by atoms with Crippen LogP contribution in [0.15, 0.2) is 66.7 Å². The number of fused-ring (bicyclic) bond motifs is 2. The van der Waals surface area contributed by atoms with E-state index in [1.165, 1.54) is 19.3 Å². The molecule has 0 aliphatic heterocycles. The second-order valence-corrected chi connectivity index (χ2v) is 8.93. The average Bonchev–Trinajstić information content (AvgIpc) is 3.39. The van der Waals surface area contributed by atoms with E-state index in [1.807, 2.05) is 42.5 Å². The lowest BCUT2D eigenvalue weighted by Crippen LogP contribution is -2.43. The van der Waals surface area contributed by atoms with E-state index < -0.39 is 5.97 Å². The van der Waals surface area contributed by atoms with Crippen molar-refractivity contribution in [1.29, 1.82) is 0 Å². The van der Waals surface area contributed by atoms with E-state index in [4.69, 9.17) is 5.11 Å². The average molecular weight is 418 g/mol. The van der Waals surface area contributed by atoms with Crippen molar-refractivity contribution in [3.8, 4) is 11.1 Å². The summed E-state index contributed by atoms with van der Waals surface area (Å²) in [6, 6.07) is 18.3. The molecule has 4 heteroatoms. The Labute approximate surface area is 184 Å². The van der Waals surface area contributed by atoms with Crippen molar-refractivity contribution in [2.75, 3.05) is 0 Å². The summed E-state index contributed by atoms with van der Waals surface area (Å²) in [5.41, 5.74) is 2.98. The summed E-state index contributed by atoms with van der Waals surface area (Å²) in [7, 11) is 0. The van der Waals surface area contributed by atoms with E-state index in [9.17, 15) is 9.59 Å². The van der Waals surface area contributed by atoms with Gasteiger partial charge in [-0.15, -0.1) is 0 Å². The number of carbonyl (C=O) groups excluding carboxylic acids is 1. The zero-order valence-corrected chi connectivity index (χ0v) is 17.9. The normalized spacial score (nSPS) is 24.5.